The summed E-state index contributed by atoms with van der Waals surface area (Å²) in [6.07, 6.45) is 0.468. The van der Waals surface area contributed by atoms with Gasteiger partial charge in [-0.05, 0) is 24.8 Å². The zero-order chi connectivity index (χ0) is 14.5. The molecule has 2 atom stereocenters. The molecule has 0 aliphatic rings. The quantitative estimate of drug-likeness (QED) is 0.830. The number of hydrogen-bond acceptors (Lipinski definition) is 3. The van der Waals surface area contributed by atoms with Crippen LogP contribution < -0.4 is 10.1 Å². The van der Waals surface area contributed by atoms with Gasteiger partial charge in [0.1, 0.15) is 5.75 Å². The van der Waals surface area contributed by atoms with Crippen LogP contribution >= 0.6 is 0 Å². The van der Waals surface area contributed by atoms with E-state index in [4.69, 9.17) is 4.74 Å². The van der Waals surface area contributed by atoms with Gasteiger partial charge in [0.05, 0.1) is 13.2 Å². The van der Waals surface area contributed by atoms with Crippen molar-refractivity contribution in [2.45, 2.75) is 46.3 Å². The first kappa shape index (κ1) is 16.0. The number of nitrogens with one attached hydrogen (secondary N) is 1. The van der Waals surface area contributed by atoms with Gasteiger partial charge in [0, 0.05) is 18.2 Å². The van der Waals surface area contributed by atoms with Crippen LogP contribution in [-0.4, -0.2) is 24.9 Å². The fourth-order valence-corrected chi connectivity index (χ4v) is 2.23. The maximum Gasteiger partial charge on any atom is 0.123 e. The van der Waals surface area contributed by atoms with Gasteiger partial charge in [-0.3, -0.25) is 0 Å². The van der Waals surface area contributed by atoms with Gasteiger partial charge in [0.2, 0.25) is 0 Å². The fourth-order valence-electron chi connectivity index (χ4n) is 2.23. The summed E-state index contributed by atoms with van der Waals surface area (Å²) in [6.45, 7) is 9.10. The average Bonchev–Trinajstić information content (AvgIpc) is 2.33. The largest absolute Gasteiger partial charge is 0.496 e. The predicted molar refractivity (Wildman–Crippen MR) is 79.5 cm³/mol. The first-order valence-corrected chi connectivity index (χ1v) is 6.88. The smallest absolute Gasteiger partial charge is 0.123 e. The van der Waals surface area contributed by atoms with Crippen molar-refractivity contribution in [3.63, 3.8) is 0 Å². The Balaban J connectivity index is 2.53. The van der Waals surface area contributed by atoms with Crippen LogP contribution in [-0.2, 0) is 0 Å². The van der Waals surface area contributed by atoms with Crippen LogP contribution in [0.1, 0.15) is 45.7 Å². The van der Waals surface area contributed by atoms with E-state index in [2.05, 4.69) is 33.0 Å². The van der Waals surface area contributed by atoms with Crippen molar-refractivity contribution in [1.29, 1.82) is 0 Å². The van der Waals surface area contributed by atoms with Crippen LogP contribution in [0.15, 0.2) is 24.3 Å². The summed E-state index contributed by atoms with van der Waals surface area (Å²) in [5, 5.41) is 13.4. The molecule has 19 heavy (non-hydrogen) atoms. The van der Waals surface area contributed by atoms with Gasteiger partial charge in [-0.1, -0.05) is 39.0 Å². The molecule has 0 bridgehead atoms. The molecule has 1 aromatic carbocycles. The predicted octanol–water partition coefficient (Wildman–Crippen LogP) is 3.14. The molecule has 3 nitrogen and oxygen atoms in total. The number of aliphatic hydroxyl groups excluding tert-OH is 1. The first-order chi connectivity index (χ1) is 8.83. The highest BCUT2D eigenvalue weighted by Gasteiger charge is 2.18. The van der Waals surface area contributed by atoms with Crippen molar-refractivity contribution in [2.24, 2.45) is 5.41 Å². The van der Waals surface area contributed by atoms with Crippen LogP contribution in [0.25, 0.3) is 0 Å². The topological polar surface area (TPSA) is 41.5 Å². The maximum absolute atomic E-state index is 10.0. The summed E-state index contributed by atoms with van der Waals surface area (Å²) in [5.74, 6) is 0.882. The van der Waals surface area contributed by atoms with Gasteiger partial charge < -0.3 is 15.2 Å². The molecule has 0 aliphatic carbocycles. The minimum absolute atomic E-state index is 0.148. The molecule has 0 saturated heterocycles. The lowest BCUT2D eigenvalue weighted by Gasteiger charge is -2.24. The molecular weight excluding hydrogens is 238 g/mol. The zero-order valence-corrected chi connectivity index (χ0v) is 12.7. The third-order valence-electron chi connectivity index (χ3n) is 3.11. The van der Waals surface area contributed by atoms with Crippen LogP contribution in [0.5, 0.6) is 5.75 Å². The summed E-state index contributed by atoms with van der Waals surface area (Å²) < 4.78 is 5.35. The number of para-hydroxylation sites is 1. The molecule has 1 aromatic rings. The SMILES string of the molecule is COc1ccccc1C(C)NCC(O)CC(C)(C)C. The standard InChI is InChI=1S/C16H27NO2/c1-12(14-8-6-7-9-15(14)19-5)17-11-13(18)10-16(2,3)4/h6-9,12-13,17-18H,10-11H2,1-5H3. The van der Waals surface area contributed by atoms with E-state index in [9.17, 15) is 5.11 Å². The molecule has 3 heteroatoms. The van der Waals surface area contributed by atoms with Crippen molar-refractivity contribution in [3.05, 3.63) is 29.8 Å². The molecule has 0 fully saturated rings. The maximum atomic E-state index is 10.0. The van der Waals surface area contributed by atoms with E-state index < -0.39 is 0 Å². The normalized spacial score (nSPS) is 15.1. The number of hydrogen-bond donors (Lipinski definition) is 2. The van der Waals surface area contributed by atoms with E-state index in [1.807, 2.05) is 24.3 Å². The van der Waals surface area contributed by atoms with E-state index >= 15 is 0 Å². The fraction of sp³-hybridized carbons (Fsp3) is 0.625. The van der Waals surface area contributed by atoms with E-state index in [1.54, 1.807) is 7.11 Å². The van der Waals surface area contributed by atoms with Crippen molar-refractivity contribution in [1.82, 2.24) is 5.32 Å². The van der Waals surface area contributed by atoms with Gasteiger partial charge in [-0.15, -0.1) is 0 Å². The molecular formula is C16H27NO2. The van der Waals surface area contributed by atoms with Crippen molar-refractivity contribution in [2.75, 3.05) is 13.7 Å². The monoisotopic (exact) mass is 265 g/mol. The highest BCUT2D eigenvalue weighted by molar-refractivity contribution is 5.35. The Morgan fingerprint density at radius 2 is 1.89 bits per heavy atom. The Bertz CT molecular complexity index is 385. The lowest BCUT2D eigenvalue weighted by atomic mass is 9.89. The van der Waals surface area contributed by atoms with Gasteiger partial charge >= 0.3 is 0 Å². The summed E-state index contributed by atoms with van der Waals surface area (Å²) in [4.78, 5) is 0. The summed E-state index contributed by atoms with van der Waals surface area (Å²) >= 11 is 0. The molecule has 108 valence electrons. The Hall–Kier alpha value is -1.06. The van der Waals surface area contributed by atoms with Crippen molar-refractivity contribution in [3.8, 4) is 5.75 Å². The van der Waals surface area contributed by atoms with E-state index in [1.165, 1.54) is 0 Å². The van der Waals surface area contributed by atoms with Crippen LogP contribution in [0.2, 0.25) is 0 Å². The molecule has 0 aromatic heterocycles. The molecule has 0 heterocycles. The summed E-state index contributed by atoms with van der Waals surface area (Å²) in [7, 11) is 1.68. The summed E-state index contributed by atoms with van der Waals surface area (Å²) in [6, 6.07) is 8.13. The van der Waals surface area contributed by atoms with Crippen molar-refractivity contribution < 1.29 is 9.84 Å². The van der Waals surface area contributed by atoms with E-state index in [-0.39, 0.29) is 17.6 Å². The highest BCUT2D eigenvalue weighted by Crippen LogP contribution is 2.25. The van der Waals surface area contributed by atoms with Gasteiger partial charge in [0.25, 0.3) is 0 Å². The number of ether oxygens (including phenoxy) is 1. The minimum Gasteiger partial charge on any atom is -0.496 e. The molecule has 0 amide bonds. The summed E-state index contributed by atoms with van der Waals surface area (Å²) in [5.41, 5.74) is 1.27. The molecule has 0 saturated carbocycles. The molecule has 0 spiro atoms. The molecule has 0 radical (unpaired) electrons. The number of benzene rings is 1. The Labute approximate surface area is 117 Å². The second-order valence-electron chi connectivity index (χ2n) is 6.29. The Kier molecular flexibility index (Phi) is 5.83. The lowest BCUT2D eigenvalue weighted by molar-refractivity contribution is 0.117. The van der Waals surface area contributed by atoms with Crippen molar-refractivity contribution >= 4 is 0 Å². The number of aliphatic hydroxyl groups is 1. The van der Waals surface area contributed by atoms with Gasteiger partial charge in [0.15, 0.2) is 0 Å². The Morgan fingerprint density at radius 1 is 1.26 bits per heavy atom. The third kappa shape index (κ3) is 5.62. The second kappa shape index (κ2) is 6.92. The van der Waals surface area contributed by atoms with Crippen LogP contribution in [0.4, 0.5) is 0 Å². The first-order valence-electron chi connectivity index (χ1n) is 6.88. The highest BCUT2D eigenvalue weighted by atomic mass is 16.5. The Morgan fingerprint density at radius 3 is 2.47 bits per heavy atom. The molecule has 2 N–H and O–H groups in total. The lowest BCUT2D eigenvalue weighted by Crippen LogP contribution is -2.31. The molecule has 1 rings (SSSR count). The zero-order valence-electron chi connectivity index (χ0n) is 12.7. The number of methoxy groups -OCH3 is 1. The third-order valence-corrected chi connectivity index (χ3v) is 3.11. The molecule has 0 aliphatic heterocycles. The van der Waals surface area contributed by atoms with Gasteiger partial charge in [-0.2, -0.15) is 0 Å². The van der Waals surface area contributed by atoms with Crippen LogP contribution in [0.3, 0.4) is 0 Å². The van der Waals surface area contributed by atoms with E-state index in [0.717, 1.165) is 17.7 Å². The molecule has 2 unspecified atom stereocenters. The average molecular weight is 265 g/mol. The van der Waals surface area contributed by atoms with E-state index in [0.29, 0.717) is 6.54 Å². The number of rotatable bonds is 6. The minimum atomic E-state index is -0.322. The van der Waals surface area contributed by atoms with Crippen LogP contribution in [0, 0.1) is 5.41 Å². The second-order valence-corrected chi connectivity index (χ2v) is 6.29. The van der Waals surface area contributed by atoms with Gasteiger partial charge in [-0.25, -0.2) is 0 Å².